The number of anilines is 1. The first-order valence-electron chi connectivity index (χ1n) is 9.23. The molecule has 4 rings (SSSR count). The summed E-state index contributed by atoms with van der Waals surface area (Å²) in [6, 6.07) is 30.1. The minimum atomic E-state index is -0.0240. The summed E-state index contributed by atoms with van der Waals surface area (Å²) < 4.78 is 0. The number of hydrogen-bond donors (Lipinski definition) is 1. The van der Waals surface area contributed by atoms with Crippen molar-refractivity contribution in [2.24, 2.45) is 0 Å². The van der Waals surface area contributed by atoms with Crippen LogP contribution in [0.15, 0.2) is 103 Å². The molecule has 0 unspecified atom stereocenters. The molecule has 0 bridgehead atoms. The molecule has 0 aliphatic heterocycles. The molecular formula is C25H20N2O. The number of rotatable bonds is 5. The minimum Gasteiger partial charge on any atom is -0.326 e. The topological polar surface area (TPSA) is 42.0 Å². The van der Waals surface area contributed by atoms with E-state index in [0.717, 1.165) is 33.5 Å². The minimum absolute atomic E-state index is 0.0240. The molecule has 0 atom stereocenters. The van der Waals surface area contributed by atoms with Crippen LogP contribution in [0.25, 0.3) is 22.3 Å². The van der Waals surface area contributed by atoms with Crippen LogP contribution in [0.5, 0.6) is 0 Å². The van der Waals surface area contributed by atoms with Crippen molar-refractivity contribution >= 4 is 11.6 Å². The predicted molar refractivity (Wildman–Crippen MR) is 114 cm³/mol. The molecule has 3 aromatic carbocycles. The molecule has 0 spiro atoms. The number of hydrogen-bond acceptors (Lipinski definition) is 2. The number of carbonyl (C=O) groups is 1. The van der Waals surface area contributed by atoms with Crippen molar-refractivity contribution in [1.82, 2.24) is 4.98 Å². The SMILES string of the molecule is O=C(Cc1ccc(-c2ccncc2)cc1)Nc1ccc(-c2ccccc2)cc1. The highest BCUT2D eigenvalue weighted by molar-refractivity contribution is 5.92. The Morgan fingerprint density at radius 1 is 0.643 bits per heavy atom. The molecule has 28 heavy (non-hydrogen) atoms. The molecule has 3 nitrogen and oxygen atoms in total. The van der Waals surface area contributed by atoms with Gasteiger partial charge in [0.25, 0.3) is 0 Å². The monoisotopic (exact) mass is 364 g/mol. The zero-order valence-corrected chi connectivity index (χ0v) is 15.4. The van der Waals surface area contributed by atoms with Crippen molar-refractivity contribution in [1.29, 1.82) is 0 Å². The van der Waals surface area contributed by atoms with Crippen LogP contribution in [0.1, 0.15) is 5.56 Å². The van der Waals surface area contributed by atoms with E-state index in [9.17, 15) is 4.79 Å². The third-order valence-electron chi connectivity index (χ3n) is 4.61. The second kappa shape index (κ2) is 8.31. The third kappa shape index (κ3) is 4.33. The van der Waals surface area contributed by atoms with E-state index in [2.05, 4.69) is 22.4 Å². The lowest BCUT2D eigenvalue weighted by molar-refractivity contribution is -0.115. The maximum absolute atomic E-state index is 12.4. The Hall–Kier alpha value is -3.72. The van der Waals surface area contributed by atoms with Gasteiger partial charge in [0.15, 0.2) is 0 Å². The lowest BCUT2D eigenvalue weighted by Gasteiger charge is -2.08. The van der Waals surface area contributed by atoms with Gasteiger partial charge >= 0.3 is 0 Å². The number of nitrogens with one attached hydrogen (secondary N) is 1. The highest BCUT2D eigenvalue weighted by Gasteiger charge is 2.06. The molecular weight excluding hydrogens is 344 g/mol. The fraction of sp³-hybridized carbons (Fsp3) is 0.0400. The maximum Gasteiger partial charge on any atom is 0.228 e. The quantitative estimate of drug-likeness (QED) is 0.501. The van der Waals surface area contributed by atoms with Crippen LogP contribution in [-0.4, -0.2) is 10.9 Å². The van der Waals surface area contributed by atoms with E-state index in [1.165, 1.54) is 0 Å². The van der Waals surface area contributed by atoms with E-state index in [0.29, 0.717) is 6.42 Å². The van der Waals surface area contributed by atoms with Crippen molar-refractivity contribution in [2.75, 3.05) is 5.32 Å². The van der Waals surface area contributed by atoms with Crippen LogP contribution < -0.4 is 5.32 Å². The smallest absolute Gasteiger partial charge is 0.228 e. The molecule has 1 aromatic heterocycles. The van der Waals surface area contributed by atoms with Crippen molar-refractivity contribution in [3.8, 4) is 22.3 Å². The Morgan fingerprint density at radius 3 is 1.82 bits per heavy atom. The van der Waals surface area contributed by atoms with Gasteiger partial charge in [0.2, 0.25) is 5.91 Å². The standard InChI is InChI=1S/C25H20N2O/c28-25(18-19-6-8-21(9-7-19)23-14-16-26-17-15-23)27-24-12-10-22(11-13-24)20-4-2-1-3-5-20/h1-17H,18H2,(H,27,28). The van der Waals surface area contributed by atoms with Gasteiger partial charge in [-0.05, 0) is 52.1 Å². The summed E-state index contributed by atoms with van der Waals surface area (Å²) >= 11 is 0. The highest BCUT2D eigenvalue weighted by atomic mass is 16.1. The van der Waals surface area contributed by atoms with Gasteiger partial charge < -0.3 is 5.32 Å². The largest absolute Gasteiger partial charge is 0.326 e. The molecule has 1 amide bonds. The van der Waals surface area contributed by atoms with E-state index in [-0.39, 0.29) is 5.91 Å². The van der Waals surface area contributed by atoms with Gasteiger partial charge in [-0.3, -0.25) is 9.78 Å². The van der Waals surface area contributed by atoms with Crippen molar-refractivity contribution < 1.29 is 4.79 Å². The second-order valence-corrected chi connectivity index (χ2v) is 6.60. The summed E-state index contributed by atoms with van der Waals surface area (Å²) in [4.78, 5) is 16.4. The molecule has 1 N–H and O–H groups in total. The normalized spacial score (nSPS) is 10.4. The summed E-state index contributed by atoms with van der Waals surface area (Å²) in [5.74, 6) is -0.0240. The number of amides is 1. The molecule has 0 aliphatic carbocycles. The van der Waals surface area contributed by atoms with E-state index in [1.807, 2.05) is 78.9 Å². The summed E-state index contributed by atoms with van der Waals surface area (Å²) in [6.07, 6.45) is 3.90. The highest BCUT2D eigenvalue weighted by Crippen LogP contribution is 2.22. The average molecular weight is 364 g/mol. The fourth-order valence-corrected chi connectivity index (χ4v) is 3.13. The van der Waals surface area contributed by atoms with E-state index in [1.54, 1.807) is 12.4 Å². The predicted octanol–water partition coefficient (Wildman–Crippen LogP) is 5.60. The molecule has 0 radical (unpaired) electrons. The molecule has 3 heteroatoms. The fourth-order valence-electron chi connectivity index (χ4n) is 3.13. The summed E-state index contributed by atoms with van der Waals surface area (Å²) in [5, 5.41) is 2.97. The Labute approximate surface area is 164 Å². The van der Waals surface area contributed by atoms with Gasteiger partial charge in [0.05, 0.1) is 6.42 Å². The first-order valence-corrected chi connectivity index (χ1v) is 9.23. The summed E-state index contributed by atoms with van der Waals surface area (Å²) in [6.45, 7) is 0. The van der Waals surface area contributed by atoms with Crippen molar-refractivity contribution in [2.45, 2.75) is 6.42 Å². The molecule has 0 aliphatic rings. The van der Waals surface area contributed by atoms with E-state index < -0.39 is 0 Å². The molecule has 0 fully saturated rings. The Balaban J connectivity index is 1.38. The van der Waals surface area contributed by atoms with Crippen LogP contribution in [0.4, 0.5) is 5.69 Å². The zero-order chi connectivity index (χ0) is 19.2. The molecule has 4 aromatic rings. The maximum atomic E-state index is 12.4. The first-order chi connectivity index (χ1) is 13.8. The number of nitrogens with zero attached hydrogens (tertiary/aromatic N) is 1. The number of pyridine rings is 1. The number of aromatic nitrogens is 1. The number of carbonyl (C=O) groups excluding carboxylic acids is 1. The third-order valence-corrected chi connectivity index (χ3v) is 4.61. The molecule has 0 saturated carbocycles. The van der Waals surface area contributed by atoms with E-state index in [4.69, 9.17) is 0 Å². The van der Waals surface area contributed by atoms with Crippen LogP contribution in [0.3, 0.4) is 0 Å². The Bertz CT molecular complexity index is 954. The van der Waals surface area contributed by atoms with Gasteiger partial charge in [-0.1, -0.05) is 66.7 Å². The van der Waals surface area contributed by atoms with Crippen molar-refractivity contribution in [3.05, 3.63) is 109 Å². The van der Waals surface area contributed by atoms with Crippen LogP contribution in [0, 0.1) is 0 Å². The van der Waals surface area contributed by atoms with Gasteiger partial charge in [-0.25, -0.2) is 0 Å². The first kappa shape index (κ1) is 17.7. The summed E-state index contributed by atoms with van der Waals surface area (Å²) in [7, 11) is 0. The molecule has 0 saturated heterocycles. The molecule has 1 heterocycles. The Morgan fingerprint density at radius 2 is 1.18 bits per heavy atom. The van der Waals surface area contributed by atoms with Crippen LogP contribution >= 0.6 is 0 Å². The van der Waals surface area contributed by atoms with Gasteiger partial charge in [0, 0.05) is 18.1 Å². The molecule has 136 valence electrons. The van der Waals surface area contributed by atoms with Crippen LogP contribution in [0.2, 0.25) is 0 Å². The van der Waals surface area contributed by atoms with Gasteiger partial charge in [-0.2, -0.15) is 0 Å². The zero-order valence-electron chi connectivity index (χ0n) is 15.4. The summed E-state index contributed by atoms with van der Waals surface area (Å²) in [5.41, 5.74) is 6.31. The average Bonchev–Trinajstić information content (AvgIpc) is 2.76. The lowest BCUT2D eigenvalue weighted by Crippen LogP contribution is -2.14. The number of benzene rings is 3. The lowest BCUT2D eigenvalue weighted by atomic mass is 10.0. The Kier molecular flexibility index (Phi) is 5.25. The van der Waals surface area contributed by atoms with Crippen LogP contribution in [-0.2, 0) is 11.2 Å². The van der Waals surface area contributed by atoms with Gasteiger partial charge in [-0.15, -0.1) is 0 Å². The van der Waals surface area contributed by atoms with Gasteiger partial charge in [0.1, 0.15) is 0 Å². The second-order valence-electron chi connectivity index (χ2n) is 6.60. The van der Waals surface area contributed by atoms with E-state index >= 15 is 0 Å². The van der Waals surface area contributed by atoms with Crippen molar-refractivity contribution in [3.63, 3.8) is 0 Å².